The minimum atomic E-state index is 1.08. The Balaban J connectivity index is 1.98. The summed E-state index contributed by atoms with van der Waals surface area (Å²) in [6.45, 7) is 2.19. The molecule has 0 aromatic heterocycles. The van der Waals surface area contributed by atoms with Crippen molar-refractivity contribution >= 4 is 21.5 Å². The van der Waals surface area contributed by atoms with Gasteiger partial charge in [-0.2, -0.15) is 0 Å². The number of benzene rings is 4. The first-order valence-electron chi connectivity index (χ1n) is 7.86. The molecule has 0 spiro atoms. The molecular weight excluding hydrogens is 264 g/mol. The lowest BCUT2D eigenvalue weighted by atomic mass is 9.95. The fraction of sp³-hybridized carbons (Fsp3) is 0.0909. The molecular formula is C22H18. The first-order valence-corrected chi connectivity index (χ1v) is 7.86. The van der Waals surface area contributed by atoms with Crippen LogP contribution in [0.2, 0.25) is 0 Å². The van der Waals surface area contributed by atoms with Crippen molar-refractivity contribution in [3.8, 4) is 11.1 Å². The van der Waals surface area contributed by atoms with Crippen LogP contribution in [-0.4, -0.2) is 0 Å². The number of hydrogen-bond donors (Lipinski definition) is 0. The van der Waals surface area contributed by atoms with E-state index in [1.807, 2.05) is 0 Å². The number of hydrogen-bond acceptors (Lipinski definition) is 0. The molecule has 22 heavy (non-hydrogen) atoms. The molecule has 4 rings (SSSR count). The zero-order valence-corrected chi connectivity index (χ0v) is 12.7. The highest BCUT2D eigenvalue weighted by atomic mass is 14.1. The quantitative estimate of drug-likeness (QED) is 0.383. The lowest BCUT2D eigenvalue weighted by Crippen LogP contribution is -1.84. The minimum Gasteiger partial charge on any atom is -0.0616 e. The van der Waals surface area contributed by atoms with Crippen LogP contribution in [0.4, 0.5) is 0 Å². The molecule has 0 radical (unpaired) electrons. The topological polar surface area (TPSA) is 0 Å². The Morgan fingerprint density at radius 1 is 0.636 bits per heavy atom. The van der Waals surface area contributed by atoms with Gasteiger partial charge in [-0.3, -0.25) is 0 Å². The second kappa shape index (κ2) is 5.31. The van der Waals surface area contributed by atoms with E-state index >= 15 is 0 Å². The van der Waals surface area contributed by atoms with E-state index in [9.17, 15) is 0 Å². The van der Waals surface area contributed by atoms with E-state index in [-0.39, 0.29) is 0 Å². The molecule has 0 atom stereocenters. The van der Waals surface area contributed by atoms with Gasteiger partial charge in [0, 0.05) is 0 Å². The highest BCUT2D eigenvalue weighted by molar-refractivity contribution is 6.04. The van der Waals surface area contributed by atoms with Crippen LogP contribution in [0.3, 0.4) is 0 Å². The van der Waals surface area contributed by atoms with E-state index in [0.29, 0.717) is 0 Å². The number of rotatable bonds is 2. The molecule has 0 heteroatoms. The Morgan fingerprint density at radius 2 is 1.32 bits per heavy atom. The van der Waals surface area contributed by atoms with Crippen molar-refractivity contribution in [3.05, 3.63) is 84.4 Å². The molecule has 0 unspecified atom stereocenters. The summed E-state index contributed by atoms with van der Waals surface area (Å²) >= 11 is 0. The van der Waals surface area contributed by atoms with Crippen LogP contribution < -0.4 is 0 Å². The van der Waals surface area contributed by atoms with Crippen molar-refractivity contribution in [1.29, 1.82) is 0 Å². The maximum absolute atomic E-state index is 2.31. The standard InChI is InChI=1S/C22H18/c1-2-16-10-12-17(13-11-16)21-9-5-8-20-14-18-6-3-4-7-19(18)15-22(20)21/h3-15H,2H2,1H3. The lowest BCUT2D eigenvalue weighted by molar-refractivity contribution is 1.14. The zero-order valence-electron chi connectivity index (χ0n) is 12.7. The van der Waals surface area contributed by atoms with E-state index < -0.39 is 0 Å². The molecule has 0 heterocycles. The van der Waals surface area contributed by atoms with Crippen LogP contribution in [0.15, 0.2) is 78.9 Å². The van der Waals surface area contributed by atoms with Gasteiger partial charge >= 0.3 is 0 Å². The maximum Gasteiger partial charge on any atom is -0.00990 e. The third-order valence-electron chi connectivity index (χ3n) is 4.42. The minimum absolute atomic E-state index is 1.08. The fourth-order valence-electron chi connectivity index (χ4n) is 3.14. The molecule has 4 aromatic carbocycles. The molecule has 0 saturated carbocycles. The predicted molar refractivity (Wildman–Crippen MR) is 96.3 cm³/mol. The van der Waals surface area contributed by atoms with Crippen LogP contribution in [0, 0.1) is 0 Å². The van der Waals surface area contributed by atoms with Gasteiger partial charge in [0.05, 0.1) is 0 Å². The molecule has 0 aliphatic rings. The van der Waals surface area contributed by atoms with Crippen LogP contribution in [-0.2, 0) is 6.42 Å². The third-order valence-corrected chi connectivity index (χ3v) is 4.42. The molecule has 0 saturated heterocycles. The molecule has 106 valence electrons. The summed E-state index contributed by atoms with van der Waals surface area (Å²) in [5.74, 6) is 0. The van der Waals surface area contributed by atoms with Gasteiger partial charge in [-0.1, -0.05) is 73.7 Å². The van der Waals surface area contributed by atoms with Gasteiger partial charge in [-0.25, -0.2) is 0 Å². The molecule has 0 aliphatic heterocycles. The number of fused-ring (bicyclic) bond motifs is 2. The van der Waals surface area contributed by atoms with Crippen molar-refractivity contribution in [2.24, 2.45) is 0 Å². The highest BCUT2D eigenvalue weighted by Gasteiger charge is 2.05. The van der Waals surface area contributed by atoms with Crippen LogP contribution >= 0.6 is 0 Å². The van der Waals surface area contributed by atoms with E-state index in [2.05, 4.69) is 85.8 Å². The predicted octanol–water partition coefficient (Wildman–Crippen LogP) is 6.22. The Bertz CT molecular complexity index is 946. The lowest BCUT2D eigenvalue weighted by Gasteiger charge is -2.09. The Morgan fingerprint density at radius 3 is 2.05 bits per heavy atom. The summed E-state index contributed by atoms with van der Waals surface area (Å²) in [6, 6.07) is 28.7. The van der Waals surface area contributed by atoms with E-state index in [0.717, 1.165) is 6.42 Å². The smallest absolute Gasteiger partial charge is 0.00990 e. The fourth-order valence-corrected chi connectivity index (χ4v) is 3.14. The number of aryl methyl sites for hydroxylation is 1. The van der Waals surface area contributed by atoms with Crippen molar-refractivity contribution in [1.82, 2.24) is 0 Å². The summed E-state index contributed by atoms with van der Waals surface area (Å²) in [6.07, 6.45) is 1.08. The average molecular weight is 282 g/mol. The average Bonchev–Trinajstić information content (AvgIpc) is 2.59. The first kappa shape index (κ1) is 13.1. The van der Waals surface area contributed by atoms with Gasteiger partial charge in [0.1, 0.15) is 0 Å². The van der Waals surface area contributed by atoms with Crippen molar-refractivity contribution in [2.45, 2.75) is 13.3 Å². The first-order chi connectivity index (χ1) is 10.8. The van der Waals surface area contributed by atoms with Gasteiger partial charge in [0.2, 0.25) is 0 Å². The third kappa shape index (κ3) is 2.17. The molecule has 0 amide bonds. The summed E-state index contributed by atoms with van der Waals surface area (Å²) in [5.41, 5.74) is 3.98. The van der Waals surface area contributed by atoms with E-state index in [1.165, 1.54) is 38.2 Å². The molecule has 0 fully saturated rings. The van der Waals surface area contributed by atoms with Crippen LogP contribution in [0.5, 0.6) is 0 Å². The summed E-state index contributed by atoms with van der Waals surface area (Å²) < 4.78 is 0. The second-order valence-electron chi connectivity index (χ2n) is 5.78. The molecule has 4 aromatic rings. The van der Waals surface area contributed by atoms with Crippen LogP contribution in [0.25, 0.3) is 32.7 Å². The summed E-state index contributed by atoms with van der Waals surface area (Å²) in [4.78, 5) is 0. The van der Waals surface area contributed by atoms with Gasteiger partial charge < -0.3 is 0 Å². The van der Waals surface area contributed by atoms with Crippen LogP contribution in [0.1, 0.15) is 12.5 Å². The largest absolute Gasteiger partial charge is 0.0616 e. The van der Waals surface area contributed by atoms with Gasteiger partial charge in [0.15, 0.2) is 0 Å². The highest BCUT2D eigenvalue weighted by Crippen LogP contribution is 2.31. The van der Waals surface area contributed by atoms with E-state index in [4.69, 9.17) is 0 Å². The zero-order chi connectivity index (χ0) is 14.9. The molecule has 0 bridgehead atoms. The Kier molecular flexibility index (Phi) is 3.16. The van der Waals surface area contributed by atoms with E-state index in [1.54, 1.807) is 0 Å². The normalized spacial score (nSPS) is 11.1. The Labute approximate surface area is 131 Å². The maximum atomic E-state index is 2.31. The SMILES string of the molecule is CCc1ccc(-c2cccc3cc4ccccc4cc23)cc1. The van der Waals surface area contributed by atoms with Crippen molar-refractivity contribution < 1.29 is 0 Å². The second-order valence-corrected chi connectivity index (χ2v) is 5.78. The Hall–Kier alpha value is -2.60. The monoisotopic (exact) mass is 282 g/mol. The van der Waals surface area contributed by atoms with Gasteiger partial charge in [0.25, 0.3) is 0 Å². The molecule has 0 nitrogen and oxygen atoms in total. The summed E-state index contributed by atoms with van der Waals surface area (Å²) in [7, 11) is 0. The van der Waals surface area contributed by atoms with Gasteiger partial charge in [-0.05, 0) is 56.8 Å². The van der Waals surface area contributed by atoms with Gasteiger partial charge in [-0.15, -0.1) is 0 Å². The molecule has 0 aliphatic carbocycles. The van der Waals surface area contributed by atoms with Crippen molar-refractivity contribution in [3.63, 3.8) is 0 Å². The summed E-state index contributed by atoms with van der Waals surface area (Å²) in [5, 5.41) is 5.22. The van der Waals surface area contributed by atoms with Crippen molar-refractivity contribution in [2.75, 3.05) is 0 Å². The molecule has 0 N–H and O–H groups in total.